The van der Waals surface area contributed by atoms with E-state index in [0.717, 1.165) is 50.8 Å². The molecule has 1 aliphatic rings. The molecule has 144 valence electrons. The van der Waals surface area contributed by atoms with Gasteiger partial charge in [0.05, 0.1) is 0 Å². The highest BCUT2D eigenvalue weighted by Crippen LogP contribution is 2.23. The summed E-state index contributed by atoms with van der Waals surface area (Å²) in [6.07, 6.45) is 0. The van der Waals surface area contributed by atoms with Crippen molar-refractivity contribution in [3.05, 3.63) is 94.5 Å². The van der Waals surface area contributed by atoms with Crippen molar-refractivity contribution in [1.29, 1.82) is 0 Å². The molecular formula is C24H25BrN2O. The monoisotopic (exact) mass is 436 g/mol. The summed E-state index contributed by atoms with van der Waals surface area (Å²) in [4.78, 5) is 5.06. The van der Waals surface area contributed by atoms with Crippen molar-refractivity contribution >= 4 is 15.9 Å². The lowest BCUT2D eigenvalue weighted by Gasteiger charge is -2.35. The van der Waals surface area contributed by atoms with Crippen LogP contribution < -0.4 is 4.74 Å². The van der Waals surface area contributed by atoms with E-state index in [1.807, 2.05) is 36.4 Å². The summed E-state index contributed by atoms with van der Waals surface area (Å²) in [5.74, 6) is 1.77. The number of benzene rings is 3. The number of para-hydroxylation sites is 1. The first-order valence-corrected chi connectivity index (χ1v) is 10.6. The lowest BCUT2D eigenvalue weighted by molar-refractivity contribution is 0.122. The Morgan fingerprint density at radius 1 is 0.679 bits per heavy atom. The Labute approximate surface area is 175 Å². The fourth-order valence-corrected chi connectivity index (χ4v) is 3.97. The van der Waals surface area contributed by atoms with Crippen LogP contribution in [0.15, 0.2) is 83.3 Å². The normalized spacial score (nSPS) is 15.5. The molecule has 0 N–H and O–H groups in total. The Bertz CT molecular complexity index is 892. The minimum atomic E-state index is 0.875. The van der Waals surface area contributed by atoms with E-state index in [0.29, 0.717) is 0 Å². The van der Waals surface area contributed by atoms with Crippen molar-refractivity contribution in [2.75, 3.05) is 26.2 Å². The Kier molecular flexibility index (Phi) is 6.42. The molecule has 0 radical (unpaired) electrons. The third-order valence-electron chi connectivity index (χ3n) is 5.10. The van der Waals surface area contributed by atoms with Gasteiger partial charge in [-0.3, -0.25) is 9.80 Å². The van der Waals surface area contributed by atoms with Gasteiger partial charge in [-0.1, -0.05) is 64.5 Å². The van der Waals surface area contributed by atoms with Crippen molar-refractivity contribution in [3.8, 4) is 11.5 Å². The molecule has 0 bridgehead atoms. The zero-order valence-electron chi connectivity index (χ0n) is 15.9. The first-order chi connectivity index (χ1) is 13.8. The van der Waals surface area contributed by atoms with E-state index in [4.69, 9.17) is 4.74 Å². The predicted octanol–water partition coefficient (Wildman–Crippen LogP) is 5.56. The molecule has 3 aromatic carbocycles. The highest BCUT2D eigenvalue weighted by Gasteiger charge is 2.18. The van der Waals surface area contributed by atoms with Crippen LogP contribution in [0.4, 0.5) is 0 Å². The predicted molar refractivity (Wildman–Crippen MR) is 118 cm³/mol. The summed E-state index contributed by atoms with van der Waals surface area (Å²) in [6, 6.07) is 26.9. The number of ether oxygens (including phenoxy) is 1. The van der Waals surface area contributed by atoms with Crippen LogP contribution in [0, 0.1) is 0 Å². The van der Waals surface area contributed by atoms with E-state index in [1.54, 1.807) is 0 Å². The average Bonchev–Trinajstić information content (AvgIpc) is 2.72. The van der Waals surface area contributed by atoms with Gasteiger partial charge in [-0.05, 0) is 41.5 Å². The van der Waals surface area contributed by atoms with E-state index in [-0.39, 0.29) is 0 Å². The Balaban J connectivity index is 1.30. The van der Waals surface area contributed by atoms with Gasteiger partial charge in [0, 0.05) is 43.7 Å². The number of hydrogen-bond donors (Lipinski definition) is 0. The molecule has 4 rings (SSSR count). The molecule has 0 aliphatic carbocycles. The van der Waals surface area contributed by atoms with Crippen molar-refractivity contribution in [3.63, 3.8) is 0 Å². The maximum Gasteiger partial charge on any atom is 0.127 e. The summed E-state index contributed by atoms with van der Waals surface area (Å²) in [6.45, 7) is 6.36. The van der Waals surface area contributed by atoms with Crippen LogP contribution in [0.3, 0.4) is 0 Å². The van der Waals surface area contributed by atoms with Gasteiger partial charge >= 0.3 is 0 Å². The van der Waals surface area contributed by atoms with Gasteiger partial charge in [-0.2, -0.15) is 0 Å². The van der Waals surface area contributed by atoms with Gasteiger partial charge < -0.3 is 4.74 Å². The smallest absolute Gasteiger partial charge is 0.127 e. The topological polar surface area (TPSA) is 15.7 Å². The Hall–Kier alpha value is -2.14. The molecule has 0 atom stereocenters. The van der Waals surface area contributed by atoms with Crippen LogP contribution in [0.25, 0.3) is 0 Å². The van der Waals surface area contributed by atoms with Gasteiger partial charge in [-0.25, -0.2) is 0 Å². The first kappa shape index (κ1) is 19.2. The van der Waals surface area contributed by atoms with E-state index < -0.39 is 0 Å². The van der Waals surface area contributed by atoms with E-state index in [1.165, 1.54) is 15.6 Å². The summed E-state index contributed by atoms with van der Waals surface area (Å²) in [5, 5.41) is 0. The number of rotatable bonds is 6. The lowest BCUT2D eigenvalue weighted by atomic mass is 10.1. The van der Waals surface area contributed by atoms with Crippen LogP contribution in [-0.2, 0) is 13.1 Å². The molecule has 0 amide bonds. The minimum Gasteiger partial charge on any atom is -0.457 e. The summed E-state index contributed by atoms with van der Waals surface area (Å²) in [7, 11) is 0. The molecule has 3 aromatic rings. The number of nitrogens with zero attached hydrogens (tertiary/aromatic N) is 2. The molecule has 1 heterocycles. The molecule has 4 heteroatoms. The molecule has 3 nitrogen and oxygen atoms in total. The van der Waals surface area contributed by atoms with Crippen LogP contribution >= 0.6 is 15.9 Å². The van der Waals surface area contributed by atoms with Crippen molar-refractivity contribution in [2.24, 2.45) is 0 Å². The summed E-state index contributed by atoms with van der Waals surface area (Å²) in [5.41, 5.74) is 2.66. The molecule has 0 saturated carbocycles. The van der Waals surface area contributed by atoms with Crippen LogP contribution in [-0.4, -0.2) is 36.0 Å². The summed E-state index contributed by atoms with van der Waals surface area (Å²) < 4.78 is 7.17. The Morgan fingerprint density at radius 2 is 1.32 bits per heavy atom. The zero-order chi connectivity index (χ0) is 19.2. The van der Waals surface area contributed by atoms with E-state index in [2.05, 4.69) is 68.2 Å². The molecular weight excluding hydrogens is 412 g/mol. The molecule has 28 heavy (non-hydrogen) atoms. The molecule has 1 fully saturated rings. The number of hydrogen-bond acceptors (Lipinski definition) is 3. The lowest BCUT2D eigenvalue weighted by Crippen LogP contribution is -2.45. The molecule has 0 spiro atoms. The second-order valence-corrected chi connectivity index (χ2v) is 8.06. The second kappa shape index (κ2) is 9.37. The van der Waals surface area contributed by atoms with Crippen LogP contribution in [0.1, 0.15) is 11.1 Å². The summed E-state index contributed by atoms with van der Waals surface area (Å²) >= 11 is 3.66. The average molecular weight is 437 g/mol. The minimum absolute atomic E-state index is 0.875. The van der Waals surface area contributed by atoms with Gasteiger partial charge in [0.15, 0.2) is 0 Å². The molecule has 0 unspecified atom stereocenters. The zero-order valence-corrected chi connectivity index (χ0v) is 17.5. The van der Waals surface area contributed by atoms with Crippen molar-refractivity contribution in [1.82, 2.24) is 9.80 Å². The maximum absolute atomic E-state index is 5.97. The maximum atomic E-state index is 5.97. The van der Waals surface area contributed by atoms with Gasteiger partial charge in [-0.15, -0.1) is 0 Å². The van der Waals surface area contributed by atoms with Gasteiger partial charge in [0.25, 0.3) is 0 Å². The highest BCUT2D eigenvalue weighted by molar-refractivity contribution is 9.10. The fraction of sp³-hybridized carbons (Fsp3) is 0.250. The largest absolute Gasteiger partial charge is 0.457 e. The molecule has 1 aliphatic heterocycles. The van der Waals surface area contributed by atoms with Crippen LogP contribution in [0.5, 0.6) is 11.5 Å². The Morgan fingerprint density at radius 3 is 2.07 bits per heavy atom. The third kappa shape index (κ3) is 5.22. The molecule has 1 saturated heterocycles. The SMILES string of the molecule is Brc1ccccc1CN1CCN(Cc2cccc(Oc3ccccc3)c2)CC1. The van der Waals surface area contributed by atoms with Crippen LogP contribution in [0.2, 0.25) is 0 Å². The molecule has 0 aromatic heterocycles. The highest BCUT2D eigenvalue weighted by atomic mass is 79.9. The number of halogens is 1. The number of piperazine rings is 1. The first-order valence-electron chi connectivity index (χ1n) is 9.76. The fourth-order valence-electron chi connectivity index (χ4n) is 3.56. The van der Waals surface area contributed by atoms with Crippen molar-refractivity contribution in [2.45, 2.75) is 13.1 Å². The van der Waals surface area contributed by atoms with Crippen molar-refractivity contribution < 1.29 is 4.74 Å². The van der Waals surface area contributed by atoms with E-state index >= 15 is 0 Å². The third-order valence-corrected chi connectivity index (χ3v) is 5.87. The van der Waals surface area contributed by atoms with Gasteiger partial charge in [0.2, 0.25) is 0 Å². The second-order valence-electron chi connectivity index (χ2n) is 7.21. The van der Waals surface area contributed by atoms with Gasteiger partial charge in [0.1, 0.15) is 11.5 Å². The quantitative estimate of drug-likeness (QED) is 0.502. The van der Waals surface area contributed by atoms with E-state index in [9.17, 15) is 0 Å². The standard InChI is InChI=1S/C24H25BrN2O/c25-24-12-5-4-8-21(24)19-27-15-13-26(14-16-27)18-20-7-6-11-23(17-20)28-22-9-2-1-3-10-22/h1-12,17H,13-16,18-19H2.